The topological polar surface area (TPSA) is 58.6 Å². The van der Waals surface area contributed by atoms with E-state index in [0.29, 0.717) is 6.54 Å². The number of carbonyl (C=O) groups is 1. The fraction of sp³-hybridized carbons (Fsp3) is 0.909. The van der Waals surface area contributed by atoms with Crippen molar-refractivity contribution in [2.24, 2.45) is 5.41 Å². The lowest BCUT2D eigenvalue weighted by atomic mass is 9.91. The van der Waals surface area contributed by atoms with Crippen LogP contribution in [0.5, 0.6) is 0 Å². The molecule has 0 aliphatic heterocycles. The lowest BCUT2D eigenvalue weighted by molar-refractivity contribution is -0.157. The molecule has 0 aromatic carbocycles. The third-order valence-electron chi connectivity index (χ3n) is 2.51. The first-order chi connectivity index (χ1) is 7.44. The first kappa shape index (κ1) is 15.7. The fourth-order valence-corrected chi connectivity index (χ4v) is 1.08. The van der Waals surface area contributed by atoms with E-state index in [9.17, 15) is 9.90 Å². The lowest BCUT2D eigenvalue weighted by Crippen LogP contribution is -2.34. The van der Waals surface area contributed by atoms with Gasteiger partial charge in [0.25, 0.3) is 0 Å². The number of hydrogen-bond donors (Lipinski definition) is 3. The Hall–Kier alpha value is -0.260. The van der Waals surface area contributed by atoms with Gasteiger partial charge in [0.2, 0.25) is 0 Å². The third kappa shape index (κ3) is 6.35. The number of ether oxygens (including phenoxy) is 1. The molecule has 0 aliphatic rings. The van der Waals surface area contributed by atoms with Gasteiger partial charge in [0.15, 0.2) is 0 Å². The Morgan fingerprint density at radius 1 is 1.56 bits per heavy atom. The minimum absolute atomic E-state index is 0.0435. The van der Waals surface area contributed by atoms with E-state index in [-0.39, 0.29) is 12.6 Å². The van der Waals surface area contributed by atoms with Crippen LogP contribution in [0.3, 0.4) is 0 Å². The summed E-state index contributed by atoms with van der Waals surface area (Å²) in [6, 6.07) is 0. The Balaban J connectivity index is 3.75. The average Bonchev–Trinajstić information content (AvgIpc) is 2.26. The van der Waals surface area contributed by atoms with E-state index >= 15 is 0 Å². The number of thiol groups is 1. The van der Waals surface area contributed by atoms with Gasteiger partial charge in [0.1, 0.15) is 12.7 Å². The fourth-order valence-electron chi connectivity index (χ4n) is 0.918. The number of carbonyl (C=O) groups excluding carboxylic acids is 1. The van der Waals surface area contributed by atoms with Gasteiger partial charge < -0.3 is 15.2 Å². The summed E-state index contributed by atoms with van der Waals surface area (Å²) >= 11 is 4.03. The quantitative estimate of drug-likeness (QED) is 0.339. The summed E-state index contributed by atoms with van der Waals surface area (Å²) in [5.74, 6) is 0.457. The molecule has 0 aliphatic carbocycles. The Morgan fingerprint density at radius 2 is 2.19 bits per heavy atom. The molecule has 0 fully saturated rings. The van der Waals surface area contributed by atoms with Crippen molar-refractivity contribution < 1.29 is 14.6 Å². The predicted octanol–water partition coefficient (Wildman–Crippen LogP) is 0.846. The molecule has 0 saturated carbocycles. The summed E-state index contributed by atoms with van der Waals surface area (Å²) in [6.07, 6.45) is 0.0660. The average molecular weight is 249 g/mol. The highest BCUT2D eigenvalue weighted by Gasteiger charge is 2.27. The van der Waals surface area contributed by atoms with Crippen LogP contribution in [0.4, 0.5) is 0 Å². The molecule has 2 N–H and O–H groups in total. The van der Waals surface area contributed by atoms with Crippen molar-refractivity contribution in [2.75, 3.05) is 25.4 Å². The normalized spacial score (nSPS) is 13.6. The number of aliphatic hydroxyl groups excluding tert-OH is 1. The smallest absolute Gasteiger partial charge is 0.311 e. The van der Waals surface area contributed by atoms with Gasteiger partial charge in [-0.05, 0) is 20.3 Å². The van der Waals surface area contributed by atoms with Crippen LogP contribution < -0.4 is 5.32 Å². The molecule has 0 rings (SSSR count). The van der Waals surface area contributed by atoms with Crippen molar-refractivity contribution >= 4 is 18.6 Å². The summed E-state index contributed by atoms with van der Waals surface area (Å²) < 4.78 is 5.04. The number of aliphatic hydroxyl groups is 1. The number of nitrogens with one attached hydrogen (secondary N) is 1. The first-order valence-electron chi connectivity index (χ1n) is 5.61. The van der Waals surface area contributed by atoms with Gasteiger partial charge in [0.05, 0.1) is 5.41 Å². The zero-order chi connectivity index (χ0) is 12.6. The zero-order valence-electron chi connectivity index (χ0n) is 10.3. The summed E-state index contributed by atoms with van der Waals surface area (Å²) in [5.41, 5.74) is -0.474. The number of hydrogen-bond acceptors (Lipinski definition) is 5. The van der Waals surface area contributed by atoms with Crippen LogP contribution in [0.25, 0.3) is 0 Å². The molecule has 0 aromatic heterocycles. The highest BCUT2D eigenvalue weighted by molar-refractivity contribution is 7.80. The van der Waals surface area contributed by atoms with Gasteiger partial charge in [-0.15, -0.1) is 0 Å². The Morgan fingerprint density at radius 3 is 2.69 bits per heavy atom. The molecule has 4 nitrogen and oxygen atoms in total. The molecule has 0 amide bonds. The van der Waals surface area contributed by atoms with Gasteiger partial charge in [-0.1, -0.05) is 6.92 Å². The highest BCUT2D eigenvalue weighted by atomic mass is 32.1. The van der Waals surface area contributed by atoms with E-state index in [2.05, 4.69) is 17.9 Å². The van der Waals surface area contributed by atoms with E-state index in [0.717, 1.165) is 18.7 Å². The van der Waals surface area contributed by atoms with E-state index in [1.807, 2.05) is 20.8 Å². The van der Waals surface area contributed by atoms with Gasteiger partial charge in [-0.3, -0.25) is 4.79 Å². The second-order valence-corrected chi connectivity index (χ2v) is 4.86. The molecule has 0 spiro atoms. The monoisotopic (exact) mass is 249 g/mol. The van der Waals surface area contributed by atoms with E-state index in [4.69, 9.17) is 4.74 Å². The molecular weight excluding hydrogens is 226 g/mol. The summed E-state index contributed by atoms with van der Waals surface area (Å²) in [7, 11) is 0. The van der Waals surface area contributed by atoms with Crippen molar-refractivity contribution in [3.63, 3.8) is 0 Å². The molecule has 96 valence electrons. The van der Waals surface area contributed by atoms with Gasteiger partial charge >= 0.3 is 5.97 Å². The van der Waals surface area contributed by atoms with E-state index in [1.165, 1.54) is 0 Å². The Bertz CT molecular complexity index is 209. The van der Waals surface area contributed by atoms with Crippen molar-refractivity contribution in [1.29, 1.82) is 0 Å². The summed E-state index contributed by atoms with van der Waals surface area (Å²) in [6.45, 7) is 6.80. The van der Waals surface area contributed by atoms with E-state index in [1.54, 1.807) is 0 Å². The molecule has 5 heteroatoms. The maximum atomic E-state index is 11.6. The molecule has 0 saturated heterocycles. The van der Waals surface area contributed by atoms with Crippen molar-refractivity contribution in [1.82, 2.24) is 5.32 Å². The zero-order valence-corrected chi connectivity index (χ0v) is 11.2. The van der Waals surface area contributed by atoms with Crippen LogP contribution in [-0.2, 0) is 9.53 Å². The van der Waals surface area contributed by atoms with Crippen LogP contribution in [0.1, 0.15) is 27.2 Å². The summed E-state index contributed by atoms with van der Waals surface area (Å²) in [4.78, 5) is 11.6. The Labute approximate surface area is 103 Å². The van der Waals surface area contributed by atoms with Crippen LogP contribution in [0, 0.1) is 5.41 Å². The summed E-state index contributed by atoms with van der Waals surface area (Å²) in [5, 5.41) is 12.5. The van der Waals surface area contributed by atoms with Crippen LogP contribution in [0.15, 0.2) is 0 Å². The standard InChI is InChI=1S/C11H23NO3S/c1-4-11(2,3)10(14)15-8-9(13)7-12-5-6-16/h9,12-13,16H,4-8H2,1-3H3. The third-order valence-corrected chi connectivity index (χ3v) is 2.74. The minimum Gasteiger partial charge on any atom is -0.462 e. The van der Waals surface area contributed by atoms with Crippen LogP contribution in [0.2, 0.25) is 0 Å². The van der Waals surface area contributed by atoms with Crippen LogP contribution in [-0.4, -0.2) is 42.6 Å². The maximum Gasteiger partial charge on any atom is 0.311 e. The molecule has 16 heavy (non-hydrogen) atoms. The second-order valence-electron chi connectivity index (χ2n) is 4.42. The maximum absolute atomic E-state index is 11.6. The van der Waals surface area contributed by atoms with Crippen molar-refractivity contribution in [2.45, 2.75) is 33.3 Å². The largest absolute Gasteiger partial charge is 0.462 e. The molecule has 0 bridgehead atoms. The van der Waals surface area contributed by atoms with E-state index < -0.39 is 11.5 Å². The number of esters is 1. The lowest BCUT2D eigenvalue weighted by Gasteiger charge is -2.21. The molecule has 0 aromatic rings. The number of rotatable bonds is 8. The molecule has 1 unspecified atom stereocenters. The minimum atomic E-state index is -0.656. The first-order valence-corrected chi connectivity index (χ1v) is 6.24. The highest BCUT2D eigenvalue weighted by Crippen LogP contribution is 2.21. The van der Waals surface area contributed by atoms with Crippen molar-refractivity contribution in [3.05, 3.63) is 0 Å². The molecular formula is C11H23NO3S. The molecule has 0 radical (unpaired) electrons. The van der Waals surface area contributed by atoms with Gasteiger partial charge in [-0.25, -0.2) is 0 Å². The second kappa shape index (κ2) is 7.92. The van der Waals surface area contributed by atoms with Crippen molar-refractivity contribution in [3.8, 4) is 0 Å². The van der Waals surface area contributed by atoms with Crippen LogP contribution >= 0.6 is 12.6 Å². The van der Waals surface area contributed by atoms with Gasteiger partial charge in [-0.2, -0.15) is 12.6 Å². The Kier molecular flexibility index (Phi) is 7.80. The molecule has 0 heterocycles. The molecule has 1 atom stereocenters. The SMILES string of the molecule is CCC(C)(C)C(=O)OCC(O)CNCCS. The predicted molar refractivity (Wildman–Crippen MR) is 67.8 cm³/mol. The van der Waals surface area contributed by atoms with Gasteiger partial charge in [0, 0.05) is 18.8 Å².